The van der Waals surface area contributed by atoms with Crippen LogP contribution in [0.1, 0.15) is 56.6 Å². The fraction of sp³-hybridized carbons (Fsp3) is 0.615. The van der Waals surface area contributed by atoms with Crippen LogP contribution in [0.3, 0.4) is 0 Å². The molecule has 3 nitrogen and oxygen atoms in total. The monoisotopic (exact) mass is 220 g/mol. The topological polar surface area (TPSA) is 27.1 Å². The molecule has 0 spiro atoms. The van der Waals surface area contributed by atoms with Crippen molar-refractivity contribution in [3.63, 3.8) is 0 Å². The summed E-state index contributed by atoms with van der Waals surface area (Å²) < 4.78 is 7.82. The average Bonchev–Trinajstić information content (AvgIpc) is 2.74. The van der Waals surface area contributed by atoms with Crippen molar-refractivity contribution in [2.45, 2.75) is 45.3 Å². The summed E-state index contributed by atoms with van der Waals surface area (Å²) in [4.78, 5) is 0. The van der Waals surface area contributed by atoms with E-state index in [0.29, 0.717) is 5.92 Å². The quantitative estimate of drug-likeness (QED) is 0.781. The van der Waals surface area contributed by atoms with Crippen molar-refractivity contribution in [3.8, 4) is 0 Å². The van der Waals surface area contributed by atoms with E-state index >= 15 is 0 Å². The maximum atomic E-state index is 5.78. The molecule has 0 saturated carbocycles. The van der Waals surface area contributed by atoms with E-state index in [-0.39, 0.29) is 6.23 Å². The van der Waals surface area contributed by atoms with Crippen LogP contribution in [0.5, 0.6) is 0 Å². The largest absolute Gasteiger partial charge is 0.357 e. The first-order valence-corrected chi connectivity index (χ1v) is 6.06. The molecule has 2 rings (SSSR count). The Balaban J connectivity index is 2.29. The fourth-order valence-electron chi connectivity index (χ4n) is 2.11. The molecule has 1 aromatic heterocycles. The van der Waals surface area contributed by atoms with Crippen LogP contribution in [-0.4, -0.2) is 16.4 Å². The lowest BCUT2D eigenvalue weighted by molar-refractivity contribution is -0.0415. The third kappa shape index (κ3) is 2.19. The number of nitrogens with zero attached hydrogens (tertiary/aromatic N) is 2. The van der Waals surface area contributed by atoms with E-state index in [1.165, 1.54) is 18.5 Å². The summed E-state index contributed by atoms with van der Waals surface area (Å²) >= 11 is 0. The van der Waals surface area contributed by atoms with Gasteiger partial charge in [0.25, 0.3) is 0 Å². The van der Waals surface area contributed by atoms with Gasteiger partial charge in [-0.25, -0.2) is 4.68 Å². The van der Waals surface area contributed by atoms with Gasteiger partial charge in [-0.15, -0.1) is 0 Å². The van der Waals surface area contributed by atoms with Crippen molar-refractivity contribution in [2.75, 3.05) is 6.61 Å². The minimum atomic E-state index is 0.125. The lowest BCUT2D eigenvalue weighted by atomic mass is 10.1. The zero-order valence-corrected chi connectivity index (χ0v) is 10.1. The number of hydrogen-bond donors (Lipinski definition) is 0. The van der Waals surface area contributed by atoms with E-state index in [9.17, 15) is 0 Å². The zero-order valence-electron chi connectivity index (χ0n) is 10.1. The van der Waals surface area contributed by atoms with E-state index in [1.807, 2.05) is 4.68 Å². The Kier molecular flexibility index (Phi) is 3.44. The second kappa shape index (κ2) is 4.83. The van der Waals surface area contributed by atoms with Gasteiger partial charge in [0.15, 0.2) is 0 Å². The third-order valence-electron chi connectivity index (χ3n) is 3.01. The third-order valence-corrected chi connectivity index (χ3v) is 3.01. The maximum Gasteiger partial charge on any atom is 0.150 e. The van der Waals surface area contributed by atoms with Crippen LogP contribution in [0.2, 0.25) is 0 Å². The Morgan fingerprint density at radius 1 is 1.56 bits per heavy atom. The molecule has 1 unspecified atom stereocenters. The molecule has 0 aromatic carbocycles. The van der Waals surface area contributed by atoms with Gasteiger partial charge in [0, 0.05) is 12.3 Å². The van der Waals surface area contributed by atoms with Crippen LogP contribution in [0.25, 0.3) is 6.08 Å². The molecule has 1 fully saturated rings. The Labute approximate surface area is 97.1 Å². The van der Waals surface area contributed by atoms with Crippen LogP contribution < -0.4 is 0 Å². The second-order valence-corrected chi connectivity index (χ2v) is 4.62. The molecule has 88 valence electrons. The summed E-state index contributed by atoms with van der Waals surface area (Å²) in [5.74, 6) is 0.465. The molecule has 1 aliphatic rings. The number of rotatable bonds is 3. The summed E-state index contributed by atoms with van der Waals surface area (Å²) in [6, 6.07) is 2.11. The van der Waals surface area contributed by atoms with E-state index in [4.69, 9.17) is 4.74 Å². The highest BCUT2D eigenvalue weighted by atomic mass is 16.5. The SMILES string of the molecule is C=Cc1cc(C(C)C)n(C2CCCCO2)n1. The molecule has 1 atom stereocenters. The molecular weight excluding hydrogens is 200 g/mol. The molecule has 1 saturated heterocycles. The van der Waals surface area contributed by atoms with E-state index in [0.717, 1.165) is 18.7 Å². The summed E-state index contributed by atoms with van der Waals surface area (Å²) in [5, 5.41) is 4.55. The second-order valence-electron chi connectivity index (χ2n) is 4.62. The molecule has 3 heteroatoms. The first kappa shape index (κ1) is 11.4. The van der Waals surface area contributed by atoms with Gasteiger partial charge >= 0.3 is 0 Å². The molecule has 16 heavy (non-hydrogen) atoms. The molecule has 1 aliphatic heterocycles. The minimum absolute atomic E-state index is 0.125. The van der Waals surface area contributed by atoms with Gasteiger partial charge in [-0.2, -0.15) is 5.10 Å². The highest BCUT2D eigenvalue weighted by Gasteiger charge is 2.21. The van der Waals surface area contributed by atoms with Crippen molar-refractivity contribution >= 4 is 6.08 Å². The highest BCUT2D eigenvalue weighted by Crippen LogP contribution is 2.27. The Hall–Kier alpha value is -1.09. The Morgan fingerprint density at radius 2 is 2.38 bits per heavy atom. The van der Waals surface area contributed by atoms with Gasteiger partial charge in [-0.1, -0.05) is 20.4 Å². The van der Waals surface area contributed by atoms with E-state index in [2.05, 4.69) is 31.6 Å². The molecule has 0 amide bonds. The highest BCUT2D eigenvalue weighted by molar-refractivity contribution is 5.42. The lowest BCUT2D eigenvalue weighted by Crippen LogP contribution is -2.21. The van der Waals surface area contributed by atoms with Gasteiger partial charge in [0.1, 0.15) is 6.23 Å². The molecule has 2 heterocycles. The number of ether oxygens (including phenoxy) is 1. The number of aromatic nitrogens is 2. The molecule has 0 bridgehead atoms. The first-order valence-electron chi connectivity index (χ1n) is 6.06. The Morgan fingerprint density at radius 3 is 2.94 bits per heavy atom. The van der Waals surface area contributed by atoms with Crippen LogP contribution >= 0.6 is 0 Å². The standard InChI is InChI=1S/C13H20N2O/c1-4-11-9-12(10(2)3)15(14-11)13-7-5-6-8-16-13/h4,9-10,13H,1,5-8H2,2-3H3. The molecule has 0 N–H and O–H groups in total. The van der Waals surface area contributed by atoms with Gasteiger partial charge in [0.2, 0.25) is 0 Å². The molecule has 1 aromatic rings. The predicted molar refractivity (Wildman–Crippen MR) is 65.2 cm³/mol. The Bertz CT molecular complexity index is 362. The van der Waals surface area contributed by atoms with Gasteiger partial charge in [0.05, 0.1) is 5.69 Å². The van der Waals surface area contributed by atoms with E-state index < -0.39 is 0 Å². The zero-order chi connectivity index (χ0) is 11.5. The van der Waals surface area contributed by atoms with Crippen molar-refractivity contribution in [1.29, 1.82) is 0 Å². The van der Waals surface area contributed by atoms with Crippen molar-refractivity contribution in [1.82, 2.24) is 9.78 Å². The average molecular weight is 220 g/mol. The van der Waals surface area contributed by atoms with Crippen molar-refractivity contribution < 1.29 is 4.74 Å². The smallest absolute Gasteiger partial charge is 0.150 e. The van der Waals surface area contributed by atoms with Gasteiger partial charge in [-0.3, -0.25) is 0 Å². The van der Waals surface area contributed by atoms with Crippen LogP contribution in [0, 0.1) is 0 Å². The number of hydrogen-bond acceptors (Lipinski definition) is 2. The molecular formula is C13H20N2O. The lowest BCUT2D eigenvalue weighted by Gasteiger charge is -2.25. The van der Waals surface area contributed by atoms with Crippen LogP contribution in [-0.2, 0) is 4.74 Å². The van der Waals surface area contributed by atoms with Crippen molar-refractivity contribution in [3.05, 3.63) is 24.0 Å². The minimum Gasteiger partial charge on any atom is -0.357 e. The summed E-state index contributed by atoms with van der Waals surface area (Å²) in [6.07, 6.45) is 5.39. The molecule has 0 radical (unpaired) electrons. The maximum absolute atomic E-state index is 5.78. The van der Waals surface area contributed by atoms with Crippen molar-refractivity contribution in [2.24, 2.45) is 0 Å². The molecule has 0 aliphatic carbocycles. The summed E-state index contributed by atoms with van der Waals surface area (Å²) in [5.41, 5.74) is 2.18. The van der Waals surface area contributed by atoms with Gasteiger partial charge in [-0.05, 0) is 37.3 Å². The summed E-state index contributed by atoms with van der Waals surface area (Å²) in [6.45, 7) is 8.99. The predicted octanol–water partition coefficient (Wildman–Crippen LogP) is 3.35. The first-order chi connectivity index (χ1) is 7.72. The van der Waals surface area contributed by atoms with Crippen LogP contribution in [0.4, 0.5) is 0 Å². The normalized spacial score (nSPS) is 21.3. The van der Waals surface area contributed by atoms with E-state index in [1.54, 1.807) is 6.08 Å². The fourth-order valence-corrected chi connectivity index (χ4v) is 2.11. The van der Waals surface area contributed by atoms with Crippen LogP contribution in [0.15, 0.2) is 12.6 Å². The van der Waals surface area contributed by atoms with Gasteiger partial charge < -0.3 is 4.74 Å². The summed E-state index contributed by atoms with van der Waals surface area (Å²) in [7, 11) is 0.